The minimum atomic E-state index is -0.0874. The standard InChI is InChI=1S/C17H21N3O/c1-12(19-17(21)14-9-5-6-10-14)16-18-11-15(20-16)13-7-3-2-4-8-13/h2-4,7-8,11-12,14H,5-6,9-10H2,1H3,(H,18,20)(H,19,21)/t12-/m1/s1. The van der Waals surface area contributed by atoms with Gasteiger partial charge in [-0.25, -0.2) is 4.98 Å². The van der Waals surface area contributed by atoms with Gasteiger partial charge in [0.2, 0.25) is 5.91 Å². The first-order valence-electron chi connectivity index (χ1n) is 7.65. The molecular formula is C17H21N3O. The first kappa shape index (κ1) is 13.9. The summed E-state index contributed by atoms with van der Waals surface area (Å²) in [6.45, 7) is 1.97. The minimum absolute atomic E-state index is 0.0874. The Morgan fingerprint density at radius 1 is 1.29 bits per heavy atom. The number of aromatic nitrogens is 2. The van der Waals surface area contributed by atoms with Gasteiger partial charge < -0.3 is 10.3 Å². The summed E-state index contributed by atoms with van der Waals surface area (Å²) >= 11 is 0. The Morgan fingerprint density at radius 3 is 2.71 bits per heavy atom. The summed E-state index contributed by atoms with van der Waals surface area (Å²) in [7, 11) is 0. The van der Waals surface area contributed by atoms with Crippen molar-refractivity contribution in [1.82, 2.24) is 15.3 Å². The summed E-state index contributed by atoms with van der Waals surface area (Å²) < 4.78 is 0. The van der Waals surface area contributed by atoms with E-state index in [1.807, 2.05) is 43.5 Å². The van der Waals surface area contributed by atoms with E-state index in [2.05, 4.69) is 15.3 Å². The Bertz CT molecular complexity index is 600. The average Bonchev–Trinajstić information content (AvgIpc) is 3.20. The lowest BCUT2D eigenvalue weighted by Gasteiger charge is -2.15. The minimum Gasteiger partial charge on any atom is -0.346 e. The average molecular weight is 283 g/mol. The van der Waals surface area contributed by atoms with Crippen LogP contribution in [0.3, 0.4) is 0 Å². The number of aromatic amines is 1. The molecule has 110 valence electrons. The third kappa shape index (κ3) is 3.15. The van der Waals surface area contributed by atoms with Crippen LogP contribution in [-0.2, 0) is 4.79 Å². The second kappa shape index (κ2) is 6.12. The van der Waals surface area contributed by atoms with Crippen LogP contribution >= 0.6 is 0 Å². The van der Waals surface area contributed by atoms with Crippen molar-refractivity contribution in [3.05, 3.63) is 42.4 Å². The quantitative estimate of drug-likeness (QED) is 0.903. The first-order chi connectivity index (χ1) is 10.2. The van der Waals surface area contributed by atoms with Crippen molar-refractivity contribution in [2.24, 2.45) is 5.92 Å². The number of nitrogens with one attached hydrogen (secondary N) is 2. The molecule has 1 aromatic heterocycles. The van der Waals surface area contributed by atoms with E-state index in [4.69, 9.17) is 0 Å². The van der Waals surface area contributed by atoms with E-state index in [0.29, 0.717) is 0 Å². The van der Waals surface area contributed by atoms with Crippen molar-refractivity contribution < 1.29 is 4.79 Å². The van der Waals surface area contributed by atoms with Crippen LogP contribution < -0.4 is 5.32 Å². The number of amides is 1. The number of rotatable bonds is 4. The highest BCUT2D eigenvalue weighted by atomic mass is 16.1. The maximum atomic E-state index is 12.2. The van der Waals surface area contributed by atoms with E-state index in [9.17, 15) is 4.79 Å². The third-order valence-electron chi connectivity index (χ3n) is 4.18. The fourth-order valence-electron chi connectivity index (χ4n) is 2.91. The number of carbonyl (C=O) groups excluding carboxylic acids is 1. The van der Waals surface area contributed by atoms with Crippen molar-refractivity contribution in [2.45, 2.75) is 38.6 Å². The van der Waals surface area contributed by atoms with Crippen LogP contribution in [0.4, 0.5) is 0 Å². The smallest absolute Gasteiger partial charge is 0.223 e. The lowest BCUT2D eigenvalue weighted by molar-refractivity contribution is -0.125. The molecule has 1 fully saturated rings. The van der Waals surface area contributed by atoms with Crippen LogP contribution in [0, 0.1) is 5.92 Å². The van der Waals surface area contributed by atoms with Gasteiger partial charge in [-0.2, -0.15) is 0 Å². The lowest BCUT2D eigenvalue weighted by Crippen LogP contribution is -2.32. The molecule has 2 N–H and O–H groups in total. The van der Waals surface area contributed by atoms with Crippen molar-refractivity contribution in [1.29, 1.82) is 0 Å². The van der Waals surface area contributed by atoms with Crippen molar-refractivity contribution in [3.63, 3.8) is 0 Å². The zero-order valence-electron chi connectivity index (χ0n) is 12.3. The highest BCUT2D eigenvalue weighted by molar-refractivity contribution is 5.79. The van der Waals surface area contributed by atoms with Gasteiger partial charge in [0.25, 0.3) is 0 Å². The SMILES string of the molecule is C[C@@H](NC(=O)C1CCCC1)c1ncc(-c2ccccc2)[nH]1. The fraction of sp³-hybridized carbons (Fsp3) is 0.412. The Hall–Kier alpha value is -2.10. The molecule has 4 nitrogen and oxygen atoms in total. The van der Waals surface area contributed by atoms with E-state index in [-0.39, 0.29) is 17.9 Å². The topological polar surface area (TPSA) is 57.8 Å². The van der Waals surface area contributed by atoms with Crippen LogP contribution in [0.1, 0.15) is 44.5 Å². The maximum absolute atomic E-state index is 12.2. The van der Waals surface area contributed by atoms with E-state index in [1.54, 1.807) is 0 Å². The zero-order chi connectivity index (χ0) is 14.7. The van der Waals surface area contributed by atoms with Gasteiger partial charge in [0.15, 0.2) is 0 Å². The molecule has 1 atom stereocenters. The predicted octanol–water partition coefficient (Wildman–Crippen LogP) is 3.44. The second-order valence-corrected chi connectivity index (χ2v) is 5.76. The maximum Gasteiger partial charge on any atom is 0.223 e. The van der Waals surface area contributed by atoms with Crippen LogP contribution in [0.5, 0.6) is 0 Å². The van der Waals surface area contributed by atoms with Crippen LogP contribution in [0.15, 0.2) is 36.5 Å². The molecule has 0 aliphatic heterocycles. The number of hydrogen-bond acceptors (Lipinski definition) is 2. The first-order valence-corrected chi connectivity index (χ1v) is 7.65. The summed E-state index contributed by atoms with van der Waals surface area (Å²) in [6.07, 6.45) is 6.21. The summed E-state index contributed by atoms with van der Waals surface area (Å²) in [5.74, 6) is 1.16. The van der Waals surface area contributed by atoms with E-state index >= 15 is 0 Å². The van der Waals surface area contributed by atoms with Gasteiger partial charge in [0, 0.05) is 5.92 Å². The van der Waals surface area contributed by atoms with Gasteiger partial charge in [-0.05, 0) is 25.3 Å². The molecule has 0 unspecified atom stereocenters. The molecule has 0 bridgehead atoms. The fourth-order valence-corrected chi connectivity index (χ4v) is 2.91. The van der Waals surface area contributed by atoms with Crippen LogP contribution in [0.25, 0.3) is 11.3 Å². The molecule has 1 aliphatic carbocycles. The number of hydrogen-bond donors (Lipinski definition) is 2. The molecule has 1 aromatic carbocycles. The Morgan fingerprint density at radius 2 is 2.00 bits per heavy atom. The second-order valence-electron chi connectivity index (χ2n) is 5.76. The Balaban J connectivity index is 1.66. The van der Waals surface area contributed by atoms with Gasteiger partial charge in [-0.15, -0.1) is 0 Å². The van der Waals surface area contributed by atoms with Gasteiger partial charge in [0.1, 0.15) is 5.82 Å². The van der Waals surface area contributed by atoms with Gasteiger partial charge in [0.05, 0.1) is 17.9 Å². The zero-order valence-corrected chi connectivity index (χ0v) is 12.3. The Kier molecular flexibility index (Phi) is 4.04. The van der Waals surface area contributed by atoms with Gasteiger partial charge >= 0.3 is 0 Å². The number of H-pyrrole nitrogens is 1. The summed E-state index contributed by atoms with van der Waals surface area (Å²) in [5.41, 5.74) is 2.08. The molecule has 0 spiro atoms. The number of benzene rings is 1. The number of imidazole rings is 1. The summed E-state index contributed by atoms with van der Waals surface area (Å²) in [4.78, 5) is 19.9. The normalized spacial score (nSPS) is 16.8. The monoisotopic (exact) mass is 283 g/mol. The summed E-state index contributed by atoms with van der Waals surface area (Å²) in [5, 5.41) is 3.07. The molecule has 1 aliphatic rings. The molecule has 1 heterocycles. The van der Waals surface area contributed by atoms with E-state index < -0.39 is 0 Å². The molecule has 0 saturated heterocycles. The van der Waals surface area contributed by atoms with Crippen LogP contribution in [0.2, 0.25) is 0 Å². The van der Waals surface area contributed by atoms with Gasteiger partial charge in [-0.3, -0.25) is 4.79 Å². The van der Waals surface area contributed by atoms with Gasteiger partial charge in [-0.1, -0.05) is 43.2 Å². The molecular weight excluding hydrogens is 262 g/mol. The molecule has 1 amide bonds. The molecule has 21 heavy (non-hydrogen) atoms. The van der Waals surface area contributed by atoms with E-state index in [1.165, 1.54) is 12.8 Å². The largest absolute Gasteiger partial charge is 0.346 e. The lowest BCUT2D eigenvalue weighted by atomic mass is 10.1. The van der Waals surface area contributed by atoms with Crippen molar-refractivity contribution >= 4 is 5.91 Å². The molecule has 3 rings (SSSR count). The van der Waals surface area contributed by atoms with Crippen LogP contribution in [-0.4, -0.2) is 15.9 Å². The molecule has 2 aromatic rings. The predicted molar refractivity (Wildman–Crippen MR) is 82.5 cm³/mol. The molecule has 1 saturated carbocycles. The highest BCUT2D eigenvalue weighted by Crippen LogP contribution is 2.26. The van der Waals surface area contributed by atoms with Crippen molar-refractivity contribution in [3.8, 4) is 11.3 Å². The number of carbonyl (C=O) groups is 1. The molecule has 4 heteroatoms. The number of nitrogens with zero attached hydrogens (tertiary/aromatic N) is 1. The highest BCUT2D eigenvalue weighted by Gasteiger charge is 2.24. The summed E-state index contributed by atoms with van der Waals surface area (Å²) in [6, 6.07) is 9.99. The molecule has 0 radical (unpaired) electrons. The van der Waals surface area contributed by atoms with Crippen molar-refractivity contribution in [2.75, 3.05) is 0 Å². The van der Waals surface area contributed by atoms with E-state index in [0.717, 1.165) is 29.9 Å². The third-order valence-corrected chi connectivity index (χ3v) is 4.18. The Labute approximate surface area is 125 Å².